The molecular formula is C21H30ClN5S. The van der Waals surface area contributed by atoms with Gasteiger partial charge in [-0.2, -0.15) is 0 Å². The van der Waals surface area contributed by atoms with Gasteiger partial charge in [0.25, 0.3) is 0 Å². The SMILES string of the molecule is CCNC(=NCc1csc(CC)n1)NC1CCN(Cc2ccc(Cl)cc2)CC1. The van der Waals surface area contributed by atoms with E-state index in [0.717, 1.165) is 62.1 Å². The number of rotatable bonds is 7. The number of hydrogen-bond donors (Lipinski definition) is 2. The molecule has 7 heteroatoms. The highest BCUT2D eigenvalue weighted by Gasteiger charge is 2.20. The minimum absolute atomic E-state index is 0.459. The topological polar surface area (TPSA) is 52.6 Å². The molecule has 152 valence electrons. The molecule has 0 spiro atoms. The van der Waals surface area contributed by atoms with Crippen molar-refractivity contribution < 1.29 is 0 Å². The zero-order valence-electron chi connectivity index (χ0n) is 16.7. The first-order valence-corrected chi connectivity index (χ1v) is 11.4. The number of nitrogens with one attached hydrogen (secondary N) is 2. The summed E-state index contributed by atoms with van der Waals surface area (Å²) >= 11 is 7.70. The number of guanidine groups is 1. The predicted octanol–water partition coefficient (Wildman–Crippen LogP) is 4.08. The number of halogens is 1. The number of likely N-dealkylation sites (tertiary alicyclic amines) is 1. The van der Waals surface area contributed by atoms with E-state index in [1.807, 2.05) is 12.1 Å². The summed E-state index contributed by atoms with van der Waals surface area (Å²) < 4.78 is 0. The maximum Gasteiger partial charge on any atom is 0.191 e. The fourth-order valence-corrected chi connectivity index (χ4v) is 4.20. The summed E-state index contributed by atoms with van der Waals surface area (Å²) in [6.07, 6.45) is 3.23. The van der Waals surface area contributed by atoms with Crippen LogP contribution in [0.1, 0.15) is 43.0 Å². The minimum Gasteiger partial charge on any atom is -0.357 e. The molecular weight excluding hydrogens is 390 g/mol. The zero-order valence-corrected chi connectivity index (χ0v) is 18.3. The van der Waals surface area contributed by atoms with Gasteiger partial charge < -0.3 is 10.6 Å². The van der Waals surface area contributed by atoms with E-state index in [0.29, 0.717) is 12.6 Å². The predicted molar refractivity (Wildman–Crippen MR) is 119 cm³/mol. The van der Waals surface area contributed by atoms with E-state index in [4.69, 9.17) is 16.6 Å². The summed E-state index contributed by atoms with van der Waals surface area (Å²) in [5.74, 6) is 0.893. The first-order valence-electron chi connectivity index (χ1n) is 10.1. The van der Waals surface area contributed by atoms with E-state index < -0.39 is 0 Å². The van der Waals surface area contributed by atoms with E-state index in [9.17, 15) is 0 Å². The van der Waals surface area contributed by atoms with Gasteiger partial charge in [-0.15, -0.1) is 11.3 Å². The summed E-state index contributed by atoms with van der Waals surface area (Å²) in [5, 5.41) is 11.1. The molecule has 1 aliphatic rings. The van der Waals surface area contributed by atoms with Crippen molar-refractivity contribution in [1.29, 1.82) is 0 Å². The lowest BCUT2D eigenvalue weighted by Gasteiger charge is -2.33. The molecule has 1 aromatic heterocycles. The van der Waals surface area contributed by atoms with Crippen molar-refractivity contribution in [3.05, 3.63) is 50.9 Å². The van der Waals surface area contributed by atoms with Gasteiger partial charge in [0.15, 0.2) is 5.96 Å². The summed E-state index contributed by atoms with van der Waals surface area (Å²) in [5.41, 5.74) is 2.37. The summed E-state index contributed by atoms with van der Waals surface area (Å²) in [6, 6.07) is 8.63. The lowest BCUT2D eigenvalue weighted by atomic mass is 10.0. The number of nitrogens with zero attached hydrogens (tertiary/aromatic N) is 3. The Balaban J connectivity index is 1.47. The lowest BCUT2D eigenvalue weighted by molar-refractivity contribution is 0.198. The Morgan fingerprint density at radius 3 is 2.64 bits per heavy atom. The number of aryl methyl sites for hydroxylation is 1. The Bertz CT molecular complexity index is 750. The largest absolute Gasteiger partial charge is 0.357 e. The second kappa shape index (κ2) is 10.8. The second-order valence-corrected chi connectivity index (χ2v) is 8.48. The van der Waals surface area contributed by atoms with Gasteiger partial charge in [-0.1, -0.05) is 30.7 Å². The second-order valence-electron chi connectivity index (χ2n) is 7.10. The van der Waals surface area contributed by atoms with Gasteiger partial charge in [0, 0.05) is 42.6 Å². The van der Waals surface area contributed by atoms with E-state index in [1.165, 1.54) is 10.6 Å². The number of hydrogen-bond acceptors (Lipinski definition) is 4. The Hall–Kier alpha value is -1.63. The Kier molecular flexibility index (Phi) is 8.13. The number of thiazole rings is 1. The van der Waals surface area contributed by atoms with Crippen molar-refractivity contribution in [2.45, 2.75) is 52.2 Å². The van der Waals surface area contributed by atoms with Crippen molar-refractivity contribution in [3.8, 4) is 0 Å². The molecule has 3 rings (SSSR count). The van der Waals surface area contributed by atoms with Crippen molar-refractivity contribution in [3.63, 3.8) is 0 Å². The molecule has 2 heterocycles. The molecule has 5 nitrogen and oxygen atoms in total. The number of aromatic nitrogens is 1. The highest BCUT2D eigenvalue weighted by Crippen LogP contribution is 2.16. The fourth-order valence-electron chi connectivity index (χ4n) is 3.34. The van der Waals surface area contributed by atoms with Crippen molar-refractivity contribution in [2.24, 2.45) is 4.99 Å². The van der Waals surface area contributed by atoms with Crippen LogP contribution >= 0.6 is 22.9 Å². The average Bonchev–Trinajstić information content (AvgIpc) is 3.18. The zero-order chi connectivity index (χ0) is 19.8. The number of benzene rings is 1. The fraction of sp³-hybridized carbons (Fsp3) is 0.524. The first-order chi connectivity index (χ1) is 13.7. The highest BCUT2D eigenvalue weighted by molar-refractivity contribution is 7.09. The van der Waals surface area contributed by atoms with E-state index >= 15 is 0 Å². The van der Waals surface area contributed by atoms with Crippen molar-refractivity contribution >= 4 is 28.9 Å². The van der Waals surface area contributed by atoms with Gasteiger partial charge in [-0.3, -0.25) is 4.90 Å². The number of aliphatic imine (C=N–C) groups is 1. The van der Waals surface area contributed by atoms with Crippen LogP contribution in [0.25, 0.3) is 0 Å². The smallest absolute Gasteiger partial charge is 0.191 e. The molecule has 2 aromatic rings. The molecule has 0 aliphatic carbocycles. The molecule has 2 N–H and O–H groups in total. The molecule has 0 atom stereocenters. The Morgan fingerprint density at radius 1 is 1.25 bits per heavy atom. The third-order valence-corrected chi connectivity index (χ3v) is 6.19. The average molecular weight is 420 g/mol. The summed E-state index contributed by atoms with van der Waals surface area (Å²) in [6.45, 7) is 8.89. The van der Waals surface area contributed by atoms with Crippen LogP contribution in [0.15, 0.2) is 34.6 Å². The molecule has 0 amide bonds. The van der Waals surface area contributed by atoms with Gasteiger partial charge in [-0.05, 0) is 43.9 Å². The van der Waals surface area contributed by atoms with Crippen LogP contribution in [-0.2, 0) is 19.5 Å². The maximum atomic E-state index is 5.98. The van der Waals surface area contributed by atoms with Crippen LogP contribution in [0, 0.1) is 0 Å². The first kappa shape index (κ1) is 21.1. The van der Waals surface area contributed by atoms with Gasteiger partial charge in [0.2, 0.25) is 0 Å². The van der Waals surface area contributed by atoms with Crippen LogP contribution in [0.5, 0.6) is 0 Å². The highest BCUT2D eigenvalue weighted by atomic mass is 35.5. The van der Waals surface area contributed by atoms with Crippen molar-refractivity contribution in [2.75, 3.05) is 19.6 Å². The van der Waals surface area contributed by atoms with E-state index in [2.05, 4.69) is 51.9 Å². The molecule has 1 fully saturated rings. The van der Waals surface area contributed by atoms with Gasteiger partial charge >= 0.3 is 0 Å². The lowest BCUT2D eigenvalue weighted by Crippen LogP contribution is -2.48. The van der Waals surface area contributed by atoms with E-state index in [-0.39, 0.29) is 0 Å². The van der Waals surface area contributed by atoms with Crippen LogP contribution in [0.3, 0.4) is 0 Å². The molecule has 0 radical (unpaired) electrons. The summed E-state index contributed by atoms with van der Waals surface area (Å²) in [4.78, 5) is 11.8. The molecule has 0 saturated carbocycles. The van der Waals surface area contributed by atoms with Crippen LogP contribution in [0.2, 0.25) is 5.02 Å². The molecule has 0 bridgehead atoms. The quantitative estimate of drug-likeness (QED) is 0.524. The standard InChI is InChI=1S/C21H30ClN5S/c1-3-20-25-19(15-28-20)13-24-21(23-4-2)26-18-9-11-27(12-10-18)14-16-5-7-17(22)8-6-16/h5-8,15,18H,3-4,9-14H2,1-2H3,(H2,23,24,26). The Morgan fingerprint density at radius 2 is 2.00 bits per heavy atom. The monoisotopic (exact) mass is 419 g/mol. The minimum atomic E-state index is 0.459. The van der Waals surface area contributed by atoms with Crippen LogP contribution in [-0.4, -0.2) is 41.5 Å². The van der Waals surface area contributed by atoms with Gasteiger partial charge in [0.05, 0.1) is 17.2 Å². The van der Waals surface area contributed by atoms with Gasteiger partial charge in [-0.25, -0.2) is 9.98 Å². The third kappa shape index (κ3) is 6.47. The normalized spacial score (nSPS) is 16.3. The molecule has 0 unspecified atom stereocenters. The van der Waals surface area contributed by atoms with Crippen LogP contribution < -0.4 is 10.6 Å². The molecule has 1 aliphatic heterocycles. The van der Waals surface area contributed by atoms with Crippen LogP contribution in [0.4, 0.5) is 0 Å². The van der Waals surface area contributed by atoms with Crippen molar-refractivity contribution in [1.82, 2.24) is 20.5 Å². The van der Waals surface area contributed by atoms with E-state index in [1.54, 1.807) is 11.3 Å². The molecule has 1 aromatic carbocycles. The molecule has 1 saturated heterocycles. The maximum absolute atomic E-state index is 5.98. The third-order valence-electron chi connectivity index (χ3n) is 4.89. The number of piperidine rings is 1. The summed E-state index contributed by atoms with van der Waals surface area (Å²) in [7, 11) is 0. The van der Waals surface area contributed by atoms with Gasteiger partial charge in [0.1, 0.15) is 0 Å². The Labute approximate surface area is 177 Å². The molecule has 28 heavy (non-hydrogen) atoms.